The van der Waals surface area contributed by atoms with Gasteiger partial charge in [-0.15, -0.1) is 0 Å². The first-order valence-electron chi connectivity index (χ1n) is 6.67. The number of carbonyl (C=O) groups is 1. The van der Waals surface area contributed by atoms with Crippen molar-refractivity contribution in [1.29, 1.82) is 0 Å². The van der Waals surface area contributed by atoms with Gasteiger partial charge in [0.25, 0.3) is 0 Å². The van der Waals surface area contributed by atoms with Crippen LogP contribution in [0.3, 0.4) is 0 Å². The van der Waals surface area contributed by atoms with Crippen molar-refractivity contribution in [2.45, 2.75) is 32.1 Å². The van der Waals surface area contributed by atoms with Crippen molar-refractivity contribution in [2.75, 3.05) is 20.2 Å². The third kappa shape index (κ3) is 5.02. The summed E-state index contributed by atoms with van der Waals surface area (Å²) in [6.07, 6.45) is 0.535. The fourth-order valence-corrected chi connectivity index (χ4v) is 3.61. The molecule has 0 radical (unpaired) electrons. The quantitative estimate of drug-likeness (QED) is 0.739. The minimum absolute atomic E-state index is 0.125. The Morgan fingerprint density at radius 2 is 1.76 bits per heavy atom. The van der Waals surface area contributed by atoms with Gasteiger partial charge in [0, 0.05) is 20.0 Å². The van der Waals surface area contributed by atoms with Gasteiger partial charge in [-0.2, -0.15) is 0 Å². The summed E-state index contributed by atoms with van der Waals surface area (Å²) < 4.78 is 32.3. The summed E-state index contributed by atoms with van der Waals surface area (Å²) in [6.45, 7) is 5.61. The van der Waals surface area contributed by atoms with Gasteiger partial charge in [0.2, 0.25) is 15.9 Å². The maximum atomic E-state index is 12.3. The van der Waals surface area contributed by atoms with E-state index in [1.54, 1.807) is 33.1 Å². The fourth-order valence-electron chi connectivity index (χ4n) is 2.08. The molecule has 0 atom stereocenters. The smallest absolute Gasteiger partial charge is 0.241 e. The van der Waals surface area contributed by atoms with Gasteiger partial charge in [0.15, 0.2) is 0 Å². The maximum absolute atomic E-state index is 12.3. The van der Waals surface area contributed by atoms with E-state index in [1.807, 2.05) is 0 Å². The van der Waals surface area contributed by atoms with Crippen LogP contribution in [0.5, 0.6) is 5.75 Å². The number of carbonyl (C=O) groups excluding carboxylic acids is 1. The van der Waals surface area contributed by atoms with Crippen LogP contribution in [0.15, 0.2) is 17.0 Å². The summed E-state index contributed by atoms with van der Waals surface area (Å²) in [6, 6.07) is 3.39. The largest absolute Gasteiger partial charge is 0.497 e. The van der Waals surface area contributed by atoms with Crippen LogP contribution in [0.2, 0.25) is 0 Å². The number of methoxy groups -OCH3 is 1. The number of sulfonamides is 1. The Balaban J connectivity index is 2.77. The molecule has 1 aromatic carbocycles. The number of amides is 1. The normalized spacial score (nSPS) is 11.2. The van der Waals surface area contributed by atoms with Crippen LogP contribution in [0, 0.1) is 13.8 Å². The topological polar surface area (TPSA) is 84.5 Å². The van der Waals surface area contributed by atoms with Gasteiger partial charge < -0.3 is 10.1 Å². The number of nitrogens with one attached hydrogen (secondary N) is 2. The lowest BCUT2D eigenvalue weighted by atomic mass is 10.1. The second kappa shape index (κ2) is 7.42. The Morgan fingerprint density at radius 1 is 1.19 bits per heavy atom. The molecule has 1 amide bonds. The minimum atomic E-state index is -3.57. The lowest BCUT2D eigenvalue weighted by molar-refractivity contribution is -0.118. The Kier molecular flexibility index (Phi) is 6.17. The van der Waals surface area contributed by atoms with Crippen molar-refractivity contribution < 1.29 is 17.9 Å². The molecule has 1 aromatic rings. The Bertz CT molecular complexity index is 588. The summed E-state index contributed by atoms with van der Waals surface area (Å²) in [4.78, 5) is 11.0. The van der Waals surface area contributed by atoms with E-state index in [0.717, 1.165) is 0 Å². The highest BCUT2D eigenvalue weighted by atomic mass is 32.2. The van der Waals surface area contributed by atoms with Crippen LogP contribution >= 0.6 is 0 Å². The van der Waals surface area contributed by atoms with Crippen molar-refractivity contribution in [3.8, 4) is 5.75 Å². The zero-order valence-electron chi connectivity index (χ0n) is 12.8. The highest BCUT2D eigenvalue weighted by Crippen LogP contribution is 2.25. The van der Waals surface area contributed by atoms with Crippen molar-refractivity contribution in [3.63, 3.8) is 0 Å². The molecular formula is C14H22N2O4S. The van der Waals surface area contributed by atoms with Gasteiger partial charge in [-0.1, -0.05) is 0 Å². The number of rotatable bonds is 7. The molecule has 0 aromatic heterocycles. The van der Waals surface area contributed by atoms with Gasteiger partial charge in [-0.3, -0.25) is 4.79 Å². The molecule has 7 heteroatoms. The highest BCUT2D eigenvalue weighted by Gasteiger charge is 2.19. The van der Waals surface area contributed by atoms with Crippen LogP contribution in [-0.4, -0.2) is 34.5 Å². The number of ether oxygens (including phenoxy) is 1. The summed E-state index contributed by atoms with van der Waals surface area (Å²) in [5, 5.41) is 2.62. The zero-order valence-corrected chi connectivity index (χ0v) is 13.6. The predicted octanol–water partition coefficient (Wildman–Crippen LogP) is 1.12. The third-order valence-electron chi connectivity index (χ3n) is 2.96. The molecule has 0 unspecified atom stereocenters. The summed E-state index contributed by atoms with van der Waals surface area (Å²) in [7, 11) is -2.02. The monoisotopic (exact) mass is 314 g/mol. The fraction of sp³-hybridized carbons (Fsp3) is 0.500. The predicted molar refractivity (Wildman–Crippen MR) is 81.0 cm³/mol. The molecule has 0 spiro atoms. The van der Waals surface area contributed by atoms with Gasteiger partial charge in [-0.05, 0) is 43.5 Å². The van der Waals surface area contributed by atoms with E-state index in [1.165, 1.54) is 6.92 Å². The van der Waals surface area contributed by atoms with Crippen molar-refractivity contribution in [1.82, 2.24) is 10.0 Å². The van der Waals surface area contributed by atoms with Crippen LogP contribution in [0.4, 0.5) is 0 Å². The second-order valence-electron chi connectivity index (χ2n) is 4.82. The van der Waals surface area contributed by atoms with E-state index in [2.05, 4.69) is 10.0 Å². The number of aryl methyl sites for hydroxylation is 2. The molecular weight excluding hydrogens is 292 g/mol. The molecule has 6 nitrogen and oxygen atoms in total. The van der Waals surface area contributed by atoms with Crippen LogP contribution < -0.4 is 14.8 Å². The third-order valence-corrected chi connectivity index (χ3v) is 4.72. The molecule has 0 saturated carbocycles. The van der Waals surface area contributed by atoms with Gasteiger partial charge >= 0.3 is 0 Å². The molecule has 0 aliphatic rings. The SMILES string of the molecule is COc1cc(C)c(S(=O)(=O)NCCCNC(C)=O)c(C)c1. The molecule has 118 valence electrons. The number of benzene rings is 1. The van der Waals surface area contributed by atoms with Gasteiger partial charge in [0.05, 0.1) is 12.0 Å². The van der Waals surface area contributed by atoms with E-state index in [-0.39, 0.29) is 17.3 Å². The van der Waals surface area contributed by atoms with Crippen LogP contribution in [0.25, 0.3) is 0 Å². The summed E-state index contributed by atoms with van der Waals surface area (Å²) in [5.41, 5.74) is 1.28. The van der Waals surface area contributed by atoms with E-state index in [9.17, 15) is 13.2 Å². The molecule has 2 N–H and O–H groups in total. The number of hydrogen-bond acceptors (Lipinski definition) is 4. The van der Waals surface area contributed by atoms with Crippen molar-refractivity contribution >= 4 is 15.9 Å². The van der Waals surface area contributed by atoms with Crippen molar-refractivity contribution in [3.05, 3.63) is 23.3 Å². The van der Waals surface area contributed by atoms with E-state index < -0.39 is 10.0 Å². The standard InChI is InChI=1S/C14H22N2O4S/c1-10-8-13(20-4)9-11(2)14(10)21(18,19)16-7-5-6-15-12(3)17/h8-9,16H,5-7H2,1-4H3,(H,15,17). The van der Waals surface area contributed by atoms with Crippen molar-refractivity contribution in [2.24, 2.45) is 0 Å². The Morgan fingerprint density at radius 3 is 2.24 bits per heavy atom. The van der Waals surface area contributed by atoms with E-state index in [0.29, 0.717) is 29.8 Å². The molecule has 0 aliphatic carbocycles. The molecule has 21 heavy (non-hydrogen) atoms. The molecule has 0 saturated heterocycles. The lowest BCUT2D eigenvalue weighted by Gasteiger charge is -2.13. The molecule has 0 aliphatic heterocycles. The Labute approximate surface area is 125 Å². The number of hydrogen-bond donors (Lipinski definition) is 2. The van der Waals surface area contributed by atoms with Crippen LogP contribution in [-0.2, 0) is 14.8 Å². The summed E-state index contributed by atoms with van der Waals surface area (Å²) in [5.74, 6) is 0.509. The van der Waals surface area contributed by atoms with E-state index >= 15 is 0 Å². The lowest BCUT2D eigenvalue weighted by Crippen LogP contribution is -2.29. The minimum Gasteiger partial charge on any atom is -0.497 e. The first-order chi connectivity index (χ1) is 9.77. The average molecular weight is 314 g/mol. The first-order valence-corrected chi connectivity index (χ1v) is 8.15. The average Bonchev–Trinajstić information content (AvgIpc) is 2.36. The first kappa shape index (κ1) is 17.5. The Hall–Kier alpha value is -1.60. The highest BCUT2D eigenvalue weighted by molar-refractivity contribution is 7.89. The van der Waals surface area contributed by atoms with Gasteiger partial charge in [0.1, 0.15) is 5.75 Å². The molecule has 1 rings (SSSR count). The van der Waals surface area contributed by atoms with Crippen LogP contribution in [0.1, 0.15) is 24.5 Å². The molecule has 0 heterocycles. The van der Waals surface area contributed by atoms with E-state index in [4.69, 9.17) is 4.74 Å². The maximum Gasteiger partial charge on any atom is 0.241 e. The summed E-state index contributed by atoms with van der Waals surface area (Å²) >= 11 is 0. The zero-order chi connectivity index (χ0) is 16.0. The van der Waals surface area contributed by atoms with Gasteiger partial charge in [-0.25, -0.2) is 13.1 Å². The molecule has 0 bridgehead atoms. The molecule has 0 fully saturated rings. The second-order valence-corrected chi connectivity index (χ2v) is 6.53.